The minimum absolute atomic E-state index is 0.199. The van der Waals surface area contributed by atoms with Crippen LogP contribution in [-0.2, 0) is 9.53 Å². The zero-order valence-electron chi connectivity index (χ0n) is 10.3. The zero-order chi connectivity index (χ0) is 13.7. The van der Waals surface area contributed by atoms with Crippen LogP contribution in [0.2, 0.25) is 0 Å². The Labute approximate surface area is 105 Å². The van der Waals surface area contributed by atoms with E-state index in [1.807, 2.05) is 0 Å². The molecule has 0 aliphatic heterocycles. The summed E-state index contributed by atoms with van der Waals surface area (Å²) in [4.78, 5) is 22.7. The summed E-state index contributed by atoms with van der Waals surface area (Å²) >= 11 is 0. The molecule has 1 aromatic carbocycles. The number of benzene rings is 1. The highest BCUT2D eigenvalue weighted by atomic mass is 16.5. The lowest BCUT2D eigenvalue weighted by atomic mass is 10.1. The molecule has 6 heteroatoms. The number of amides is 1. The number of aliphatic hydroxyl groups excluding tert-OH is 1. The van der Waals surface area contributed by atoms with Gasteiger partial charge < -0.3 is 20.9 Å². The number of hydrogen-bond donors (Lipinski definition) is 3. The minimum atomic E-state index is -1.37. The Kier molecular flexibility index (Phi) is 4.67. The van der Waals surface area contributed by atoms with Gasteiger partial charge in [0, 0.05) is 11.3 Å². The SMILES string of the molecule is COC(=O)C(O)CNC(=O)c1ccc(N)cc1C. The van der Waals surface area contributed by atoms with Gasteiger partial charge in [0.05, 0.1) is 13.7 Å². The molecule has 18 heavy (non-hydrogen) atoms. The van der Waals surface area contributed by atoms with Gasteiger partial charge in [-0.05, 0) is 30.7 Å². The van der Waals surface area contributed by atoms with E-state index in [0.29, 0.717) is 11.3 Å². The van der Waals surface area contributed by atoms with Crippen LogP contribution in [0.25, 0.3) is 0 Å². The highest BCUT2D eigenvalue weighted by Gasteiger charge is 2.17. The number of carbonyl (C=O) groups excluding carboxylic acids is 2. The number of nitrogen functional groups attached to an aromatic ring is 1. The van der Waals surface area contributed by atoms with Gasteiger partial charge in [-0.2, -0.15) is 0 Å². The highest BCUT2D eigenvalue weighted by molar-refractivity contribution is 5.96. The van der Waals surface area contributed by atoms with Gasteiger partial charge in [-0.3, -0.25) is 4.79 Å². The summed E-state index contributed by atoms with van der Waals surface area (Å²) in [6.45, 7) is 1.55. The topological polar surface area (TPSA) is 102 Å². The Bertz CT molecular complexity index is 459. The van der Waals surface area contributed by atoms with E-state index in [4.69, 9.17) is 5.73 Å². The quantitative estimate of drug-likeness (QED) is 0.510. The summed E-state index contributed by atoms with van der Waals surface area (Å²) in [5, 5.41) is 11.8. The number of anilines is 1. The molecule has 0 saturated carbocycles. The second-order valence-corrected chi connectivity index (χ2v) is 3.82. The number of carbonyl (C=O) groups is 2. The van der Waals surface area contributed by atoms with Gasteiger partial charge in [-0.1, -0.05) is 0 Å². The third kappa shape index (κ3) is 3.46. The molecular weight excluding hydrogens is 236 g/mol. The molecule has 0 fully saturated rings. The fourth-order valence-corrected chi connectivity index (χ4v) is 1.45. The fraction of sp³-hybridized carbons (Fsp3) is 0.333. The molecule has 0 saturated heterocycles. The number of aliphatic hydroxyl groups is 1. The predicted molar refractivity (Wildman–Crippen MR) is 65.9 cm³/mol. The molecule has 1 rings (SSSR count). The van der Waals surface area contributed by atoms with Gasteiger partial charge in [-0.25, -0.2) is 4.79 Å². The van der Waals surface area contributed by atoms with Crippen LogP contribution in [0, 0.1) is 6.92 Å². The molecule has 1 unspecified atom stereocenters. The van der Waals surface area contributed by atoms with E-state index in [1.54, 1.807) is 25.1 Å². The first kappa shape index (κ1) is 14.0. The number of esters is 1. The van der Waals surface area contributed by atoms with Crippen molar-refractivity contribution in [3.05, 3.63) is 29.3 Å². The largest absolute Gasteiger partial charge is 0.467 e. The first-order valence-corrected chi connectivity index (χ1v) is 5.36. The average Bonchev–Trinajstić information content (AvgIpc) is 2.34. The molecule has 0 spiro atoms. The Morgan fingerprint density at radius 2 is 2.17 bits per heavy atom. The lowest BCUT2D eigenvalue weighted by Gasteiger charge is -2.11. The summed E-state index contributed by atoms with van der Waals surface area (Å²) < 4.78 is 4.33. The van der Waals surface area contributed by atoms with Gasteiger partial charge in [0.15, 0.2) is 6.10 Å². The lowest BCUT2D eigenvalue weighted by Crippen LogP contribution is -2.37. The van der Waals surface area contributed by atoms with Gasteiger partial charge in [0.2, 0.25) is 0 Å². The van der Waals surface area contributed by atoms with Crippen molar-refractivity contribution in [2.75, 3.05) is 19.4 Å². The Balaban J connectivity index is 2.63. The van der Waals surface area contributed by atoms with E-state index in [9.17, 15) is 14.7 Å². The van der Waals surface area contributed by atoms with E-state index >= 15 is 0 Å². The van der Waals surface area contributed by atoms with E-state index in [1.165, 1.54) is 0 Å². The van der Waals surface area contributed by atoms with Crippen LogP contribution in [0.15, 0.2) is 18.2 Å². The predicted octanol–water partition coefficient (Wildman–Crippen LogP) is -0.159. The number of ether oxygens (including phenoxy) is 1. The van der Waals surface area contributed by atoms with Crippen molar-refractivity contribution < 1.29 is 19.4 Å². The monoisotopic (exact) mass is 252 g/mol. The standard InChI is InChI=1S/C12H16N2O4/c1-7-5-8(13)3-4-9(7)11(16)14-6-10(15)12(17)18-2/h3-5,10,15H,6,13H2,1-2H3,(H,14,16). The smallest absolute Gasteiger partial charge is 0.336 e. The fourth-order valence-electron chi connectivity index (χ4n) is 1.45. The molecule has 0 heterocycles. The first-order chi connectivity index (χ1) is 8.45. The lowest BCUT2D eigenvalue weighted by molar-refractivity contribution is -0.149. The van der Waals surface area contributed by atoms with Crippen LogP contribution < -0.4 is 11.1 Å². The van der Waals surface area contributed by atoms with Gasteiger partial charge in [0.1, 0.15) is 0 Å². The van der Waals surface area contributed by atoms with Crippen LogP contribution in [0.4, 0.5) is 5.69 Å². The van der Waals surface area contributed by atoms with Crippen molar-refractivity contribution in [2.24, 2.45) is 0 Å². The number of rotatable bonds is 4. The first-order valence-electron chi connectivity index (χ1n) is 5.36. The number of nitrogens with two attached hydrogens (primary N) is 1. The van der Waals surface area contributed by atoms with Crippen molar-refractivity contribution in [2.45, 2.75) is 13.0 Å². The third-order valence-electron chi connectivity index (χ3n) is 2.42. The molecule has 0 radical (unpaired) electrons. The van der Waals surface area contributed by atoms with Crippen molar-refractivity contribution >= 4 is 17.6 Å². The molecule has 4 N–H and O–H groups in total. The van der Waals surface area contributed by atoms with E-state index in [2.05, 4.69) is 10.1 Å². The average molecular weight is 252 g/mol. The van der Waals surface area contributed by atoms with Crippen LogP contribution in [-0.4, -0.2) is 36.7 Å². The second kappa shape index (κ2) is 6.02. The Hall–Kier alpha value is -2.08. The van der Waals surface area contributed by atoms with Gasteiger partial charge in [-0.15, -0.1) is 0 Å². The van der Waals surface area contributed by atoms with Crippen molar-refractivity contribution in [1.29, 1.82) is 0 Å². The molecule has 0 aliphatic carbocycles. The zero-order valence-corrected chi connectivity index (χ0v) is 10.3. The molecule has 98 valence electrons. The molecule has 1 atom stereocenters. The highest BCUT2D eigenvalue weighted by Crippen LogP contribution is 2.12. The molecule has 0 aliphatic rings. The van der Waals surface area contributed by atoms with Crippen LogP contribution in [0.5, 0.6) is 0 Å². The third-order valence-corrected chi connectivity index (χ3v) is 2.42. The van der Waals surface area contributed by atoms with E-state index in [-0.39, 0.29) is 12.5 Å². The number of hydrogen-bond acceptors (Lipinski definition) is 5. The van der Waals surface area contributed by atoms with E-state index < -0.39 is 12.1 Å². The van der Waals surface area contributed by atoms with Crippen LogP contribution >= 0.6 is 0 Å². The number of aryl methyl sites for hydroxylation is 1. The van der Waals surface area contributed by atoms with Crippen LogP contribution in [0.1, 0.15) is 15.9 Å². The van der Waals surface area contributed by atoms with Crippen LogP contribution in [0.3, 0.4) is 0 Å². The summed E-state index contributed by atoms with van der Waals surface area (Å²) in [7, 11) is 1.16. The maximum Gasteiger partial charge on any atom is 0.336 e. The summed E-state index contributed by atoms with van der Waals surface area (Å²) in [6.07, 6.45) is -1.37. The summed E-state index contributed by atoms with van der Waals surface area (Å²) in [5.74, 6) is -1.17. The van der Waals surface area contributed by atoms with E-state index in [0.717, 1.165) is 12.7 Å². The van der Waals surface area contributed by atoms with Crippen molar-refractivity contribution in [3.63, 3.8) is 0 Å². The number of methoxy groups -OCH3 is 1. The molecule has 0 aromatic heterocycles. The van der Waals surface area contributed by atoms with Gasteiger partial charge in [0.25, 0.3) is 5.91 Å². The maximum absolute atomic E-state index is 11.8. The molecule has 6 nitrogen and oxygen atoms in total. The Morgan fingerprint density at radius 1 is 1.50 bits per heavy atom. The van der Waals surface area contributed by atoms with Crippen molar-refractivity contribution in [3.8, 4) is 0 Å². The minimum Gasteiger partial charge on any atom is -0.467 e. The summed E-state index contributed by atoms with van der Waals surface area (Å²) in [6, 6.07) is 4.87. The second-order valence-electron chi connectivity index (χ2n) is 3.82. The maximum atomic E-state index is 11.8. The molecular formula is C12H16N2O4. The summed E-state index contributed by atoms with van der Waals surface area (Å²) in [5.41, 5.74) is 7.31. The van der Waals surface area contributed by atoms with Gasteiger partial charge >= 0.3 is 5.97 Å². The normalized spacial score (nSPS) is 11.7. The molecule has 1 aromatic rings. The van der Waals surface area contributed by atoms with Crippen molar-refractivity contribution in [1.82, 2.24) is 5.32 Å². The number of nitrogens with one attached hydrogen (secondary N) is 1. The molecule has 0 bridgehead atoms. The molecule has 1 amide bonds. The Morgan fingerprint density at radius 3 is 2.72 bits per heavy atom.